The van der Waals surface area contributed by atoms with Gasteiger partial charge in [-0.25, -0.2) is 19.6 Å². The highest BCUT2D eigenvalue weighted by molar-refractivity contribution is 5.95. The molecule has 0 radical (unpaired) electrons. The lowest BCUT2D eigenvalue weighted by molar-refractivity contribution is -0.129. The maximum Gasteiger partial charge on any atom is 0.257 e. The zero-order chi connectivity index (χ0) is 31.9. The summed E-state index contributed by atoms with van der Waals surface area (Å²) in [5, 5.41) is 10.7. The molecule has 2 N–H and O–H groups in total. The summed E-state index contributed by atoms with van der Waals surface area (Å²) >= 11 is 0. The standard InChI is InChI=1S/C33H39N9O3/c1-21(2)29-31-37-23(4)40-42(31)17-16-41(33(45)26-20-35-30(36-22(26)3)25-12-8-14-34-19-25)15-9-13-28(43)38-27(32(44)39-29)18-24-10-6-5-7-11-24/h5-8,10-12,14,19-21,27,29H,9,13,15-18H2,1-4H3,(H,38,43)(H,39,44)/t27-,29+/m0/s1. The minimum atomic E-state index is -0.780. The summed E-state index contributed by atoms with van der Waals surface area (Å²) in [5.41, 5.74) is 2.63. The molecule has 4 aromatic rings. The highest BCUT2D eigenvalue weighted by Gasteiger charge is 2.30. The van der Waals surface area contributed by atoms with Gasteiger partial charge in [-0.05, 0) is 43.9 Å². The lowest BCUT2D eigenvalue weighted by atomic mass is 10.0. The van der Waals surface area contributed by atoms with Crippen LogP contribution in [0.25, 0.3) is 11.4 Å². The number of pyridine rings is 1. The van der Waals surface area contributed by atoms with Crippen molar-refractivity contribution in [3.8, 4) is 11.4 Å². The summed E-state index contributed by atoms with van der Waals surface area (Å²) in [4.78, 5) is 60.3. The Bertz CT molecular complexity index is 1640. The predicted octanol–water partition coefficient (Wildman–Crippen LogP) is 3.22. The maximum atomic E-state index is 13.9. The number of benzene rings is 1. The molecule has 45 heavy (non-hydrogen) atoms. The number of hydrogen-bond acceptors (Lipinski definition) is 8. The number of rotatable bonds is 5. The second kappa shape index (κ2) is 14.2. The third-order valence-electron chi connectivity index (χ3n) is 7.81. The number of aryl methyl sites for hydroxylation is 2. The van der Waals surface area contributed by atoms with E-state index in [1.165, 1.54) is 0 Å². The van der Waals surface area contributed by atoms with Crippen molar-refractivity contribution in [2.75, 3.05) is 13.1 Å². The van der Waals surface area contributed by atoms with Crippen molar-refractivity contribution in [3.05, 3.63) is 89.5 Å². The number of amides is 3. The predicted molar refractivity (Wildman–Crippen MR) is 168 cm³/mol. The van der Waals surface area contributed by atoms with E-state index in [2.05, 4.69) is 35.7 Å². The zero-order valence-electron chi connectivity index (χ0n) is 26.1. The molecule has 0 unspecified atom stereocenters. The molecule has 2 atom stereocenters. The third-order valence-corrected chi connectivity index (χ3v) is 7.81. The average Bonchev–Trinajstić information content (AvgIpc) is 3.40. The lowest BCUT2D eigenvalue weighted by Crippen LogP contribution is -2.50. The molecule has 12 heteroatoms. The summed E-state index contributed by atoms with van der Waals surface area (Å²) in [6, 6.07) is 12.0. The summed E-state index contributed by atoms with van der Waals surface area (Å²) in [5.74, 6) is 0.874. The van der Waals surface area contributed by atoms with Gasteiger partial charge in [0.25, 0.3) is 5.91 Å². The Morgan fingerprint density at radius 3 is 2.49 bits per heavy atom. The number of nitrogens with zero attached hydrogens (tertiary/aromatic N) is 7. The smallest absolute Gasteiger partial charge is 0.257 e. The van der Waals surface area contributed by atoms with E-state index in [0.29, 0.717) is 61.2 Å². The fourth-order valence-electron chi connectivity index (χ4n) is 5.42. The molecular weight excluding hydrogens is 570 g/mol. The Kier molecular flexibility index (Phi) is 9.91. The lowest BCUT2D eigenvalue weighted by Gasteiger charge is -2.28. The summed E-state index contributed by atoms with van der Waals surface area (Å²) < 4.78 is 1.77. The number of carbonyl (C=O) groups is 3. The number of carbonyl (C=O) groups excluding carboxylic acids is 3. The monoisotopic (exact) mass is 609 g/mol. The molecule has 0 saturated carbocycles. The van der Waals surface area contributed by atoms with Gasteiger partial charge in [0.15, 0.2) is 5.82 Å². The minimum Gasteiger partial charge on any atom is -0.344 e. The molecule has 3 aromatic heterocycles. The van der Waals surface area contributed by atoms with Crippen LogP contribution in [-0.4, -0.2) is 71.5 Å². The van der Waals surface area contributed by atoms with Crippen molar-refractivity contribution >= 4 is 17.7 Å². The van der Waals surface area contributed by atoms with Crippen molar-refractivity contribution < 1.29 is 14.4 Å². The van der Waals surface area contributed by atoms with Gasteiger partial charge in [0, 0.05) is 50.1 Å². The number of fused-ring (bicyclic) bond motifs is 1. The van der Waals surface area contributed by atoms with Gasteiger partial charge < -0.3 is 15.5 Å². The van der Waals surface area contributed by atoms with Crippen LogP contribution in [0.15, 0.2) is 61.1 Å². The van der Waals surface area contributed by atoms with Gasteiger partial charge in [-0.3, -0.25) is 19.4 Å². The van der Waals surface area contributed by atoms with Gasteiger partial charge in [-0.15, -0.1) is 0 Å². The molecule has 1 aliphatic heterocycles. The molecule has 1 aliphatic rings. The third kappa shape index (κ3) is 7.75. The molecule has 0 spiro atoms. The van der Waals surface area contributed by atoms with E-state index >= 15 is 0 Å². The van der Waals surface area contributed by atoms with Gasteiger partial charge >= 0.3 is 0 Å². The van der Waals surface area contributed by atoms with E-state index in [-0.39, 0.29) is 30.1 Å². The Morgan fingerprint density at radius 2 is 1.78 bits per heavy atom. The molecular formula is C33H39N9O3. The van der Waals surface area contributed by atoms with Crippen molar-refractivity contribution in [1.82, 2.24) is 45.2 Å². The molecule has 234 valence electrons. The van der Waals surface area contributed by atoms with Crippen LogP contribution >= 0.6 is 0 Å². The van der Waals surface area contributed by atoms with Crippen molar-refractivity contribution in [3.63, 3.8) is 0 Å². The normalized spacial score (nSPS) is 18.1. The Morgan fingerprint density at radius 1 is 0.978 bits per heavy atom. The van der Waals surface area contributed by atoms with E-state index in [4.69, 9.17) is 0 Å². The van der Waals surface area contributed by atoms with Gasteiger partial charge in [-0.1, -0.05) is 44.2 Å². The fraction of sp³-hybridized carbons (Fsp3) is 0.394. The van der Waals surface area contributed by atoms with Crippen LogP contribution in [0.2, 0.25) is 0 Å². The number of hydrogen-bond donors (Lipinski definition) is 2. The first-order chi connectivity index (χ1) is 21.7. The average molecular weight is 610 g/mol. The molecule has 4 heterocycles. The van der Waals surface area contributed by atoms with Gasteiger partial charge in [0.1, 0.15) is 17.7 Å². The van der Waals surface area contributed by atoms with Crippen LogP contribution < -0.4 is 10.6 Å². The highest BCUT2D eigenvalue weighted by atomic mass is 16.2. The largest absolute Gasteiger partial charge is 0.344 e. The molecule has 3 amide bonds. The minimum absolute atomic E-state index is 0.0202. The maximum absolute atomic E-state index is 13.9. The number of nitrogens with one attached hydrogen (secondary N) is 2. The quantitative estimate of drug-likeness (QED) is 0.351. The van der Waals surface area contributed by atoms with Crippen LogP contribution in [0.3, 0.4) is 0 Å². The van der Waals surface area contributed by atoms with E-state index < -0.39 is 12.1 Å². The molecule has 0 saturated heterocycles. The molecule has 1 aromatic carbocycles. The molecule has 12 nitrogen and oxygen atoms in total. The summed E-state index contributed by atoms with van der Waals surface area (Å²) in [7, 11) is 0. The second-order valence-corrected chi connectivity index (χ2v) is 11.6. The van der Waals surface area contributed by atoms with Crippen LogP contribution in [0.5, 0.6) is 0 Å². The van der Waals surface area contributed by atoms with Gasteiger partial charge in [0.05, 0.1) is 23.8 Å². The summed E-state index contributed by atoms with van der Waals surface area (Å²) in [6.45, 7) is 8.58. The van der Waals surface area contributed by atoms with Crippen LogP contribution in [0.4, 0.5) is 0 Å². The van der Waals surface area contributed by atoms with E-state index in [9.17, 15) is 14.4 Å². The highest BCUT2D eigenvalue weighted by Crippen LogP contribution is 2.22. The Balaban J connectivity index is 1.44. The number of aromatic nitrogens is 6. The Labute approximate surface area is 262 Å². The fourth-order valence-corrected chi connectivity index (χ4v) is 5.42. The first-order valence-corrected chi connectivity index (χ1v) is 15.3. The van der Waals surface area contributed by atoms with Gasteiger partial charge in [0.2, 0.25) is 11.8 Å². The van der Waals surface area contributed by atoms with Crippen molar-refractivity contribution in [2.45, 2.75) is 65.6 Å². The Hall–Kier alpha value is -5.00. The SMILES string of the molecule is Cc1nc2n(n1)CCN(C(=O)c1cnc(-c3cccnc3)nc1C)CCCC(=O)N[C@@H](Cc1ccccc1)C(=O)N[C@@H]2C(C)C. The van der Waals surface area contributed by atoms with E-state index in [1.54, 1.807) is 42.0 Å². The summed E-state index contributed by atoms with van der Waals surface area (Å²) in [6.07, 6.45) is 5.81. The van der Waals surface area contributed by atoms with E-state index in [1.807, 2.05) is 56.3 Å². The van der Waals surface area contributed by atoms with Crippen molar-refractivity contribution in [2.24, 2.45) is 5.92 Å². The van der Waals surface area contributed by atoms with Crippen LogP contribution in [0, 0.1) is 19.8 Å². The molecule has 5 rings (SSSR count). The second-order valence-electron chi connectivity index (χ2n) is 11.6. The molecule has 0 aliphatic carbocycles. The van der Waals surface area contributed by atoms with E-state index in [0.717, 1.165) is 11.1 Å². The first kappa shape index (κ1) is 31.4. The van der Waals surface area contributed by atoms with Gasteiger partial charge in [-0.2, -0.15) is 5.10 Å². The van der Waals surface area contributed by atoms with Crippen LogP contribution in [-0.2, 0) is 22.6 Å². The molecule has 0 fully saturated rings. The topological polar surface area (TPSA) is 148 Å². The molecule has 0 bridgehead atoms. The van der Waals surface area contributed by atoms with Crippen LogP contribution in [0.1, 0.15) is 66.0 Å². The zero-order valence-corrected chi connectivity index (χ0v) is 26.1. The van der Waals surface area contributed by atoms with Crippen molar-refractivity contribution in [1.29, 1.82) is 0 Å². The first-order valence-electron chi connectivity index (χ1n) is 15.3.